The molecule has 2 aliphatic rings. The van der Waals surface area contributed by atoms with E-state index in [2.05, 4.69) is 11.8 Å². The summed E-state index contributed by atoms with van der Waals surface area (Å²) in [6, 6.07) is 0.396. The van der Waals surface area contributed by atoms with Gasteiger partial charge in [0.05, 0.1) is 19.3 Å². The third-order valence-corrected chi connectivity index (χ3v) is 4.35. The summed E-state index contributed by atoms with van der Waals surface area (Å²) in [5, 5.41) is 0. The van der Waals surface area contributed by atoms with Crippen LogP contribution in [0.15, 0.2) is 0 Å². The molecule has 0 bridgehead atoms. The van der Waals surface area contributed by atoms with Gasteiger partial charge in [0.25, 0.3) is 0 Å². The molecular formula is C14H26N2O3. The Kier molecular flexibility index (Phi) is 4.81. The van der Waals surface area contributed by atoms with Crippen LogP contribution in [0.1, 0.15) is 39.5 Å². The molecule has 0 radical (unpaired) electrons. The van der Waals surface area contributed by atoms with E-state index in [0.29, 0.717) is 25.2 Å². The molecule has 110 valence electrons. The number of carbonyl (C=O) groups excluding carboxylic acids is 1. The van der Waals surface area contributed by atoms with Gasteiger partial charge in [0.1, 0.15) is 5.54 Å². The number of morpholine rings is 1. The van der Waals surface area contributed by atoms with Gasteiger partial charge in [0.2, 0.25) is 0 Å². The standard InChI is InChI=1S/C14H26N2O3/c1-3-12-10-16(7-8-19-12)11-5-6-14(15,9-11)13(17)18-4-2/h11-12H,3-10,15H2,1-2H3. The summed E-state index contributed by atoms with van der Waals surface area (Å²) in [5.41, 5.74) is 5.44. The number of hydrogen-bond donors (Lipinski definition) is 1. The molecule has 0 aromatic heterocycles. The largest absolute Gasteiger partial charge is 0.465 e. The summed E-state index contributed by atoms with van der Waals surface area (Å²) in [6.45, 7) is 7.06. The highest BCUT2D eigenvalue weighted by Crippen LogP contribution is 2.33. The smallest absolute Gasteiger partial charge is 0.326 e. The highest BCUT2D eigenvalue weighted by Gasteiger charge is 2.45. The molecule has 1 aliphatic heterocycles. The predicted molar refractivity (Wildman–Crippen MR) is 72.8 cm³/mol. The fourth-order valence-electron chi connectivity index (χ4n) is 3.14. The summed E-state index contributed by atoms with van der Waals surface area (Å²) in [6.07, 6.45) is 3.78. The van der Waals surface area contributed by atoms with E-state index >= 15 is 0 Å². The van der Waals surface area contributed by atoms with Crippen LogP contribution < -0.4 is 5.73 Å². The van der Waals surface area contributed by atoms with Crippen LogP contribution in [0.4, 0.5) is 0 Å². The molecule has 5 nitrogen and oxygen atoms in total. The maximum absolute atomic E-state index is 11.9. The van der Waals surface area contributed by atoms with Crippen molar-refractivity contribution in [3.63, 3.8) is 0 Å². The van der Waals surface area contributed by atoms with Crippen molar-refractivity contribution in [2.45, 2.75) is 57.2 Å². The Morgan fingerprint density at radius 1 is 1.53 bits per heavy atom. The van der Waals surface area contributed by atoms with E-state index in [1.165, 1.54) is 0 Å². The molecule has 3 atom stereocenters. The Morgan fingerprint density at radius 3 is 3.00 bits per heavy atom. The van der Waals surface area contributed by atoms with Crippen LogP contribution in [0.2, 0.25) is 0 Å². The lowest BCUT2D eigenvalue weighted by molar-refractivity contribution is -0.149. The first-order valence-electron chi connectivity index (χ1n) is 7.40. The van der Waals surface area contributed by atoms with Gasteiger partial charge in [0.15, 0.2) is 0 Å². The van der Waals surface area contributed by atoms with Crippen LogP contribution in [0.25, 0.3) is 0 Å². The van der Waals surface area contributed by atoms with Crippen molar-refractivity contribution in [1.82, 2.24) is 4.90 Å². The van der Waals surface area contributed by atoms with Crippen molar-refractivity contribution in [1.29, 1.82) is 0 Å². The zero-order valence-corrected chi connectivity index (χ0v) is 12.1. The summed E-state index contributed by atoms with van der Waals surface area (Å²) in [4.78, 5) is 14.4. The van der Waals surface area contributed by atoms with Crippen molar-refractivity contribution in [2.24, 2.45) is 5.73 Å². The highest BCUT2D eigenvalue weighted by atomic mass is 16.5. The van der Waals surface area contributed by atoms with Crippen LogP contribution in [-0.4, -0.2) is 54.9 Å². The molecule has 1 aliphatic carbocycles. The molecule has 1 heterocycles. The quantitative estimate of drug-likeness (QED) is 0.769. The molecule has 5 heteroatoms. The number of carbonyl (C=O) groups is 1. The fraction of sp³-hybridized carbons (Fsp3) is 0.929. The minimum atomic E-state index is -0.777. The molecule has 0 spiro atoms. The van der Waals surface area contributed by atoms with Gasteiger partial charge in [-0.05, 0) is 32.6 Å². The molecule has 19 heavy (non-hydrogen) atoms. The first-order valence-corrected chi connectivity index (χ1v) is 7.40. The maximum atomic E-state index is 11.9. The normalized spacial score (nSPS) is 36.4. The molecule has 0 aromatic rings. The van der Waals surface area contributed by atoms with Crippen molar-refractivity contribution in [3.8, 4) is 0 Å². The minimum absolute atomic E-state index is 0.238. The van der Waals surface area contributed by atoms with Gasteiger partial charge in [-0.15, -0.1) is 0 Å². The van der Waals surface area contributed by atoms with Crippen LogP contribution in [-0.2, 0) is 14.3 Å². The predicted octanol–water partition coefficient (Wildman–Crippen LogP) is 0.910. The molecule has 2 fully saturated rings. The van der Waals surface area contributed by atoms with E-state index in [4.69, 9.17) is 15.2 Å². The van der Waals surface area contributed by atoms with Crippen molar-refractivity contribution < 1.29 is 14.3 Å². The first-order chi connectivity index (χ1) is 9.09. The number of nitrogens with two attached hydrogens (primary N) is 1. The lowest BCUT2D eigenvalue weighted by atomic mass is 9.99. The monoisotopic (exact) mass is 270 g/mol. The first kappa shape index (κ1) is 14.8. The molecule has 0 aromatic carbocycles. The molecule has 2 N–H and O–H groups in total. The van der Waals surface area contributed by atoms with Crippen LogP contribution >= 0.6 is 0 Å². The molecule has 2 rings (SSSR count). The molecule has 3 unspecified atom stereocenters. The third kappa shape index (κ3) is 3.27. The summed E-state index contributed by atoms with van der Waals surface area (Å²) in [5.74, 6) is -0.238. The van der Waals surface area contributed by atoms with E-state index in [1.807, 2.05) is 6.92 Å². The zero-order chi connectivity index (χ0) is 13.9. The topological polar surface area (TPSA) is 64.8 Å². The molecule has 0 amide bonds. The highest BCUT2D eigenvalue weighted by molar-refractivity contribution is 5.81. The van der Waals surface area contributed by atoms with Gasteiger partial charge in [-0.1, -0.05) is 6.92 Å². The van der Waals surface area contributed by atoms with Crippen LogP contribution in [0, 0.1) is 0 Å². The average Bonchev–Trinajstić information content (AvgIpc) is 2.83. The van der Waals surface area contributed by atoms with Gasteiger partial charge in [-0.3, -0.25) is 9.69 Å². The van der Waals surface area contributed by atoms with Crippen molar-refractivity contribution in [3.05, 3.63) is 0 Å². The Bertz CT molecular complexity index is 324. The van der Waals surface area contributed by atoms with Gasteiger partial charge in [-0.2, -0.15) is 0 Å². The lowest BCUT2D eigenvalue weighted by Crippen LogP contribution is -2.51. The van der Waals surface area contributed by atoms with E-state index in [1.54, 1.807) is 0 Å². The van der Waals surface area contributed by atoms with Gasteiger partial charge < -0.3 is 15.2 Å². The van der Waals surface area contributed by atoms with Gasteiger partial charge in [0, 0.05) is 19.1 Å². The average molecular weight is 270 g/mol. The molecule has 1 saturated carbocycles. The Labute approximate surface area is 115 Å². The van der Waals surface area contributed by atoms with E-state index in [0.717, 1.165) is 39.0 Å². The number of esters is 1. The Morgan fingerprint density at radius 2 is 2.32 bits per heavy atom. The maximum Gasteiger partial charge on any atom is 0.326 e. The van der Waals surface area contributed by atoms with Gasteiger partial charge >= 0.3 is 5.97 Å². The van der Waals surface area contributed by atoms with Crippen LogP contribution in [0.3, 0.4) is 0 Å². The van der Waals surface area contributed by atoms with E-state index < -0.39 is 5.54 Å². The molecular weight excluding hydrogens is 244 g/mol. The lowest BCUT2D eigenvalue weighted by Gasteiger charge is -2.37. The number of hydrogen-bond acceptors (Lipinski definition) is 5. The SMILES string of the molecule is CCOC(=O)C1(N)CCC(N2CCOC(CC)C2)C1. The number of nitrogens with zero attached hydrogens (tertiary/aromatic N) is 1. The van der Waals surface area contributed by atoms with Gasteiger partial charge in [-0.25, -0.2) is 0 Å². The zero-order valence-electron chi connectivity index (χ0n) is 12.1. The Balaban J connectivity index is 1.92. The van der Waals surface area contributed by atoms with E-state index in [9.17, 15) is 4.79 Å². The second-order valence-electron chi connectivity index (χ2n) is 5.67. The van der Waals surface area contributed by atoms with Crippen molar-refractivity contribution >= 4 is 5.97 Å². The summed E-state index contributed by atoms with van der Waals surface area (Å²) in [7, 11) is 0. The number of rotatable bonds is 4. The second-order valence-corrected chi connectivity index (χ2v) is 5.67. The Hall–Kier alpha value is -0.650. The van der Waals surface area contributed by atoms with E-state index in [-0.39, 0.29) is 5.97 Å². The van der Waals surface area contributed by atoms with Crippen molar-refractivity contribution in [2.75, 3.05) is 26.3 Å². The third-order valence-electron chi connectivity index (χ3n) is 4.35. The number of ether oxygens (including phenoxy) is 2. The minimum Gasteiger partial charge on any atom is -0.465 e. The fourth-order valence-corrected chi connectivity index (χ4v) is 3.14. The summed E-state index contributed by atoms with van der Waals surface area (Å²) < 4.78 is 10.8. The molecule has 1 saturated heterocycles. The van der Waals surface area contributed by atoms with Crippen LogP contribution in [0.5, 0.6) is 0 Å². The second kappa shape index (κ2) is 6.20. The summed E-state index contributed by atoms with van der Waals surface area (Å²) >= 11 is 0.